The van der Waals surface area contributed by atoms with Gasteiger partial charge in [-0.3, -0.25) is 4.79 Å². The Bertz CT molecular complexity index is 702. The Morgan fingerprint density at radius 2 is 2.25 bits per heavy atom. The summed E-state index contributed by atoms with van der Waals surface area (Å²) in [6.07, 6.45) is 0.135. The molecule has 7 heteroatoms. The zero-order valence-corrected chi connectivity index (χ0v) is 12.9. The van der Waals surface area contributed by atoms with E-state index in [1.165, 1.54) is 18.2 Å². The number of carbonyl (C=O) groups excluding carboxylic acids is 1. The Morgan fingerprint density at radius 1 is 1.38 bits per heavy atom. The average Bonchev–Trinajstić information content (AvgIpc) is 3.06. The SMILES string of the molecule is O=C(N[C@@H]1CCOC[C@H]1Oc1cccc(F)c1)c1ccc(CO)o1. The summed E-state index contributed by atoms with van der Waals surface area (Å²) in [6.45, 7) is 0.519. The summed E-state index contributed by atoms with van der Waals surface area (Å²) in [6, 6.07) is 8.57. The van der Waals surface area contributed by atoms with E-state index in [1.807, 2.05) is 0 Å². The molecule has 1 fully saturated rings. The van der Waals surface area contributed by atoms with Gasteiger partial charge in [0.2, 0.25) is 0 Å². The number of furan rings is 1. The Balaban J connectivity index is 1.66. The van der Waals surface area contributed by atoms with Gasteiger partial charge in [-0.1, -0.05) is 6.07 Å². The van der Waals surface area contributed by atoms with Crippen LogP contribution in [0.15, 0.2) is 40.8 Å². The standard InChI is InChI=1S/C17H18FNO5/c18-11-2-1-3-12(8-11)23-16-10-22-7-6-14(16)19-17(21)15-5-4-13(9-20)24-15/h1-5,8,14,16,20H,6-7,9-10H2,(H,19,21)/t14-,16-/m1/s1. The van der Waals surface area contributed by atoms with Gasteiger partial charge >= 0.3 is 0 Å². The van der Waals surface area contributed by atoms with E-state index in [2.05, 4.69) is 5.32 Å². The third-order valence-electron chi connectivity index (χ3n) is 3.75. The Kier molecular flexibility index (Phi) is 5.12. The van der Waals surface area contributed by atoms with Gasteiger partial charge in [-0.25, -0.2) is 4.39 Å². The van der Waals surface area contributed by atoms with Crippen molar-refractivity contribution in [3.05, 3.63) is 53.7 Å². The van der Waals surface area contributed by atoms with Gasteiger partial charge in [0.1, 0.15) is 30.0 Å². The van der Waals surface area contributed by atoms with Crippen LogP contribution in [0, 0.1) is 5.82 Å². The number of aliphatic hydroxyl groups is 1. The lowest BCUT2D eigenvalue weighted by Gasteiger charge is -2.32. The van der Waals surface area contributed by atoms with Crippen LogP contribution in [-0.2, 0) is 11.3 Å². The number of carbonyl (C=O) groups is 1. The van der Waals surface area contributed by atoms with Gasteiger partial charge in [-0.05, 0) is 30.7 Å². The first kappa shape index (κ1) is 16.5. The summed E-state index contributed by atoms with van der Waals surface area (Å²) < 4.78 is 29.7. The molecule has 2 atom stereocenters. The number of halogens is 1. The van der Waals surface area contributed by atoms with Crippen molar-refractivity contribution >= 4 is 5.91 Å². The molecule has 1 saturated heterocycles. The molecule has 3 rings (SSSR count). The minimum atomic E-state index is -0.434. The highest BCUT2D eigenvalue weighted by atomic mass is 19.1. The van der Waals surface area contributed by atoms with Crippen LogP contribution >= 0.6 is 0 Å². The summed E-state index contributed by atoms with van der Waals surface area (Å²) in [5.74, 6) is 0.0337. The summed E-state index contributed by atoms with van der Waals surface area (Å²) >= 11 is 0. The molecule has 2 heterocycles. The molecule has 2 N–H and O–H groups in total. The quantitative estimate of drug-likeness (QED) is 0.872. The minimum absolute atomic E-state index is 0.120. The first-order chi connectivity index (χ1) is 11.7. The second-order valence-electron chi connectivity index (χ2n) is 5.48. The molecule has 24 heavy (non-hydrogen) atoms. The van der Waals surface area contributed by atoms with Crippen LogP contribution in [0.3, 0.4) is 0 Å². The highest BCUT2D eigenvalue weighted by Crippen LogP contribution is 2.19. The topological polar surface area (TPSA) is 80.9 Å². The molecule has 1 amide bonds. The lowest BCUT2D eigenvalue weighted by atomic mass is 10.1. The molecular weight excluding hydrogens is 317 g/mol. The summed E-state index contributed by atoms with van der Waals surface area (Å²) in [7, 11) is 0. The molecular formula is C17H18FNO5. The predicted molar refractivity (Wildman–Crippen MR) is 82.1 cm³/mol. The van der Waals surface area contributed by atoms with Crippen LogP contribution in [0.25, 0.3) is 0 Å². The highest BCUT2D eigenvalue weighted by Gasteiger charge is 2.30. The maximum atomic E-state index is 13.3. The molecule has 1 aromatic heterocycles. The van der Waals surface area contributed by atoms with Crippen molar-refractivity contribution in [3.63, 3.8) is 0 Å². The Morgan fingerprint density at radius 3 is 3.00 bits per heavy atom. The van der Waals surface area contributed by atoms with Crippen molar-refractivity contribution in [3.8, 4) is 5.75 Å². The molecule has 0 unspecified atom stereocenters. The van der Waals surface area contributed by atoms with Crippen molar-refractivity contribution in [2.24, 2.45) is 0 Å². The van der Waals surface area contributed by atoms with E-state index in [-0.39, 0.29) is 18.4 Å². The van der Waals surface area contributed by atoms with Crippen LogP contribution in [0.1, 0.15) is 22.7 Å². The molecule has 1 aliphatic heterocycles. The first-order valence-electron chi connectivity index (χ1n) is 7.66. The molecule has 6 nitrogen and oxygen atoms in total. The van der Waals surface area contributed by atoms with E-state index in [9.17, 15) is 9.18 Å². The minimum Gasteiger partial charge on any atom is -0.486 e. The van der Waals surface area contributed by atoms with Crippen molar-refractivity contribution < 1.29 is 28.2 Å². The molecule has 0 aliphatic carbocycles. The first-order valence-corrected chi connectivity index (χ1v) is 7.66. The zero-order valence-electron chi connectivity index (χ0n) is 12.9. The molecule has 1 aliphatic rings. The van der Waals surface area contributed by atoms with Crippen molar-refractivity contribution in [1.82, 2.24) is 5.32 Å². The second-order valence-corrected chi connectivity index (χ2v) is 5.48. The van der Waals surface area contributed by atoms with E-state index in [4.69, 9.17) is 19.0 Å². The molecule has 128 valence electrons. The normalized spacial score (nSPS) is 20.6. The zero-order chi connectivity index (χ0) is 16.9. The number of hydrogen-bond donors (Lipinski definition) is 2. The number of ether oxygens (including phenoxy) is 2. The monoisotopic (exact) mass is 335 g/mol. The molecule has 0 bridgehead atoms. The number of hydrogen-bond acceptors (Lipinski definition) is 5. The number of rotatable bonds is 5. The lowest BCUT2D eigenvalue weighted by molar-refractivity contribution is -0.0138. The fourth-order valence-electron chi connectivity index (χ4n) is 2.53. The fourth-order valence-corrected chi connectivity index (χ4v) is 2.53. The predicted octanol–water partition coefficient (Wildman–Crippen LogP) is 1.88. The van der Waals surface area contributed by atoms with E-state index in [1.54, 1.807) is 18.2 Å². The van der Waals surface area contributed by atoms with Gasteiger partial charge in [-0.15, -0.1) is 0 Å². The average molecular weight is 335 g/mol. The number of nitrogens with one attached hydrogen (secondary N) is 1. The van der Waals surface area contributed by atoms with Gasteiger partial charge in [0, 0.05) is 12.7 Å². The highest BCUT2D eigenvalue weighted by molar-refractivity contribution is 5.91. The van der Waals surface area contributed by atoms with Crippen LogP contribution < -0.4 is 10.1 Å². The molecule has 0 radical (unpaired) electrons. The fraction of sp³-hybridized carbons (Fsp3) is 0.353. The van der Waals surface area contributed by atoms with Gasteiger partial charge < -0.3 is 24.3 Å². The molecule has 0 saturated carbocycles. The summed E-state index contributed by atoms with van der Waals surface area (Å²) in [5.41, 5.74) is 0. The van der Waals surface area contributed by atoms with Gasteiger partial charge in [0.05, 0.1) is 12.6 Å². The largest absolute Gasteiger partial charge is 0.486 e. The van der Waals surface area contributed by atoms with Gasteiger partial charge in [0.15, 0.2) is 5.76 Å². The van der Waals surface area contributed by atoms with Crippen molar-refractivity contribution in [2.75, 3.05) is 13.2 Å². The summed E-state index contributed by atoms with van der Waals surface area (Å²) in [4.78, 5) is 12.3. The van der Waals surface area contributed by atoms with E-state index >= 15 is 0 Å². The Hall–Kier alpha value is -2.38. The second kappa shape index (κ2) is 7.46. The number of benzene rings is 1. The third-order valence-corrected chi connectivity index (χ3v) is 3.75. The van der Waals surface area contributed by atoms with Gasteiger partial charge in [0.25, 0.3) is 5.91 Å². The van der Waals surface area contributed by atoms with E-state index in [0.717, 1.165) is 0 Å². The van der Waals surface area contributed by atoms with E-state index < -0.39 is 17.8 Å². The van der Waals surface area contributed by atoms with Crippen molar-refractivity contribution in [1.29, 1.82) is 0 Å². The van der Waals surface area contributed by atoms with Crippen LogP contribution in [-0.4, -0.2) is 36.4 Å². The number of aliphatic hydroxyl groups excluding tert-OH is 1. The van der Waals surface area contributed by atoms with Gasteiger partial charge in [-0.2, -0.15) is 0 Å². The Labute approximate surface area is 138 Å². The van der Waals surface area contributed by atoms with Crippen LogP contribution in [0.4, 0.5) is 4.39 Å². The number of amides is 1. The van der Waals surface area contributed by atoms with Crippen LogP contribution in [0.5, 0.6) is 5.75 Å². The maximum absolute atomic E-state index is 13.3. The summed E-state index contributed by atoms with van der Waals surface area (Å²) in [5, 5.41) is 11.8. The van der Waals surface area contributed by atoms with Crippen LogP contribution in [0.2, 0.25) is 0 Å². The molecule has 2 aromatic rings. The lowest BCUT2D eigenvalue weighted by Crippen LogP contribution is -2.51. The maximum Gasteiger partial charge on any atom is 0.287 e. The molecule has 0 spiro atoms. The molecule has 1 aromatic carbocycles. The van der Waals surface area contributed by atoms with Crippen molar-refractivity contribution in [2.45, 2.75) is 25.2 Å². The third kappa shape index (κ3) is 3.93. The smallest absolute Gasteiger partial charge is 0.287 e. The van der Waals surface area contributed by atoms with E-state index in [0.29, 0.717) is 31.1 Å².